The highest BCUT2D eigenvalue weighted by molar-refractivity contribution is 5.79. The van der Waals surface area contributed by atoms with Crippen molar-refractivity contribution < 1.29 is 4.79 Å². The summed E-state index contributed by atoms with van der Waals surface area (Å²) in [5.74, 6) is 1.37. The minimum absolute atomic E-state index is 0.261. The molecule has 1 fully saturated rings. The molecule has 5 heteroatoms. The number of nitrogens with zero attached hydrogens (tertiary/aromatic N) is 2. The summed E-state index contributed by atoms with van der Waals surface area (Å²) in [5.41, 5.74) is 10.0. The van der Waals surface area contributed by atoms with Gasteiger partial charge in [-0.05, 0) is 54.9 Å². The zero-order chi connectivity index (χ0) is 18.6. The number of piperidine rings is 1. The van der Waals surface area contributed by atoms with Crippen LogP contribution in [0.1, 0.15) is 30.4 Å². The summed E-state index contributed by atoms with van der Waals surface area (Å²) in [6.45, 7) is 1.76. The van der Waals surface area contributed by atoms with Crippen LogP contribution in [0.4, 0.5) is 5.95 Å². The number of imidazole rings is 1. The maximum absolute atomic E-state index is 12.6. The smallest absolute Gasteiger partial charge is 0.222 e. The van der Waals surface area contributed by atoms with Crippen LogP contribution in [0.25, 0.3) is 11.0 Å². The molecule has 1 saturated heterocycles. The van der Waals surface area contributed by atoms with E-state index in [1.54, 1.807) is 0 Å². The van der Waals surface area contributed by atoms with Crippen molar-refractivity contribution in [1.82, 2.24) is 14.9 Å². The van der Waals surface area contributed by atoms with E-state index < -0.39 is 0 Å². The van der Waals surface area contributed by atoms with Crippen LogP contribution in [0.2, 0.25) is 0 Å². The highest BCUT2D eigenvalue weighted by Crippen LogP contribution is 2.22. The standard InChI is InChI=1S/C22H26N4O/c23-22-24-19-8-6-17(15-20(19)25-22)7-9-21(27)26-12-10-18(11-13-26)14-16-4-2-1-3-5-16/h1-6,8,15,18H,7,9-14H2,(H3,23,24,25). The van der Waals surface area contributed by atoms with E-state index in [0.717, 1.165) is 55.4 Å². The predicted octanol–water partition coefficient (Wildman–Crippen LogP) is 3.56. The van der Waals surface area contributed by atoms with E-state index in [2.05, 4.69) is 40.3 Å². The fraction of sp³-hybridized carbons (Fsp3) is 0.364. The van der Waals surface area contributed by atoms with E-state index in [4.69, 9.17) is 5.73 Å². The number of hydrogen-bond acceptors (Lipinski definition) is 3. The van der Waals surface area contributed by atoms with Crippen molar-refractivity contribution in [2.45, 2.75) is 32.1 Å². The SMILES string of the molecule is Nc1nc2ccc(CCC(=O)N3CCC(Cc4ccccc4)CC3)cc2[nH]1. The highest BCUT2D eigenvalue weighted by atomic mass is 16.2. The molecule has 2 aromatic carbocycles. The number of aromatic nitrogens is 2. The van der Waals surface area contributed by atoms with Gasteiger partial charge < -0.3 is 15.6 Å². The molecule has 5 nitrogen and oxygen atoms in total. The molecular weight excluding hydrogens is 336 g/mol. The van der Waals surface area contributed by atoms with Gasteiger partial charge in [0.05, 0.1) is 11.0 Å². The van der Waals surface area contributed by atoms with Crippen molar-refractivity contribution in [1.29, 1.82) is 0 Å². The van der Waals surface area contributed by atoms with Crippen LogP contribution >= 0.6 is 0 Å². The Bertz CT molecular complexity index is 910. The summed E-state index contributed by atoms with van der Waals surface area (Å²) in [7, 11) is 0. The van der Waals surface area contributed by atoms with Gasteiger partial charge in [-0.2, -0.15) is 0 Å². The number of H-pyrrole nitrogens is 1. The fourth-order valence-electron chi connectivity index (χ4n) is 3.98. The molecule has 4 rings (SSSR count). The molecule has 1 aromatic heterocycles. The number of likely N-dealkylation sites (tertiary alicyclic amines) is 1. The van der Waals surface area contributed by atoms with Crippen LogP contribution in [0.15, 0.2) is 48.5 Å². The molecule has 3 aromatic rings. The van der Waals surface area contributed by atoms with Gasteiger partial charge in [-0.3, -0.25) is 4.79 Å². The second-order valence-corrected chi connectivity index (χ2v) is 7.49. The molecule has 0 atom stereocenters. The zero-order valence-electron chi connectivity index (χ0n) is 15.5. The number of carbonyl (C=O) groups is 1. The van der Waals surface area contributed by atoms with Crippen molar-refractivity contribution in [2.24, 2.45) is 5.92 Å². The Balaban J connectivity index is 1.26. The van der Waals surface area contributed by atoms with E-state index in [9.17, 15) is 4.79 Å². The third kappa shape index (κ3) is 4.30. The lowest BCUT2D eigenvalue weighted by Crippen LogP contribution is -2.39. The largest absolute Gasteiger partial charge is 0.369 e. The molecular formula is C22H26N4O. The van der Waals surface area contributed by atoms with Crippen LogP contribution < -0.4 is 5.73 Å². The van der Waals surface area contributed by atoms with E-state index in [1.165, 1.54) is 5.56 Å². The number of hydrogen-bond donors (Lipinski definition) is 2. The Kier molecular flexibility index (Phi) is 5.10. The number of carbonyl (C=O) groups excluding carboxylic acids is 1. The van der Waals surface area contributed by atoms with Crippen LogP contribution in [0, 0.1) is 5.92 Å². The Morgan fingerprint density at radius 3 is 2.67 bits per heavy atom. The molecule has 0 spiro atoms. The average molecular weight is 362 g/mol. The maximum Gasteiger partial charge on any atom is 0.222 e. The molecule has 0 unspecified atom stereocenters. The molecule has 140 valence electrons. The summed E-state index contributed by atoms with van der Waals surface area (Å²) in [5, 5.41) is 0. The summed E-state index contributed by atoms with van der Waals surface area (Å²) < 4.78 is 0. The van der Waals surface area contributed by atoms with Gasteiger partial charge in [0.1, 0.15) is 0 Å². The lowest BCUT2D eigenvalue weighted by molar-refractivity contribution is -0.132. The number of rotatable bonds is 5. The van der Waals surface area contributed by atoms with E-state index in [1.807, 2.05) is 23.1 Å². The van der Waals surface area contributed by atoms with Crippen LogP contribution in [0.3, 0.4) is 0 Å². The Hall–Kier alpha value is -2.82. The van der Waals surface area contributed by atoms with Crippen molar-refractivity contribution in [3.05, 3.63) is 59.7 Å². The monoisotopic (exact) mass is 362 g/mol. The predicted molar refractivity (Wildman–Crippen MR) is 108 cm³/mol. The minimum atomic E-state index is 0.261. The number of anilines is 1. The first kappa shape index (κ1) is 17.6. The van der Waals surface area contributed by atoms with Crippen LogP contribution in [-0.2, 0) is 17.6 Å². The topological polar surface area (TPSA) is 75.0 Å². The molecule has 2 heterocycles. The van der Waals surface area contributed by atoms with Gasteiger partial charge in [0.2, 0.25) is 5.91 Å². The quantitative estimate of drug-likeness (QED) is 0.729. The number of benzene rings is 2. The lowest BCUT2D eigenvalue weighted by Gasteiger charge is -2.32. The maximum atomic E-state index is 12.6. The second-order valence-electron chi connectivity index (χ2n) is 7.49. The molecule has 27 heavy (non-hydrogen) atoms. The van der Waals surface area contributed by atoms with Crippen LogP contribution in [0.5, 0.6) is 0 Å². The molecule has 1 aliphatic heterocycles. The summed E-state index contributed by atoms with van der Waals surface area (Å²) in [6.07, 6.45) is 4.62. The van der Waals surface area contributed by atoms with Gasteiger partial charge in [0.15, 0.2) is 5.95 Å². The molecule has 3 N–H and O–H groups in total. The molecule has 0 bridgehead atoms. The fourth-order valence-corrected chi connectivity index (χ4v) is 3.98. The molecule has 1 aliphatic rings. The van der Waals surface area contributed by atoms with Gasteiger partial charge in [0.25, 0.3) is 0 Å². The number of aromatic amines is 1. The number of nitrogen functional groups attached to an aromatic ring is 1. The second kappa shape index (κ2) is 7.82. The van der Waals surface area contributed by atoms with Gasteiger partial charge in [0, 0.05) is 19.5 Å². The first-order valence-corrected chi connectivity index (χ1v) is 9.73. The normalized spacial score (nSPS) is 15.3. The Labute approximate surface area is 159 Å². The third-order valence-electron chi connectivity index (χ3n) is 5.53. The Morgan fingerprint density at radius 1 is 1.11 bits per heavy atom. The van der Waals surface area contributed by atoms with Crippen molar-refractivity contribution in [3.8, 4) is 0 Å². The first-order chi connectivity index (χ1) is 13.2. The lowest BCUT2D eigenvalue weighted by atomic mass is 9.90. The zero-order valence-corrected chi connectivity index (χ0v) is 15.5. The van der Waals surface area contributed by atoms with Crippen molar-refractivity contribution in [2.75, 3.05) is 18.8 Å². The number of aryl methyl sites for hydroxylation is 1. The van der Waals surface area contributed by atoms with Crippen molar-refractivity contribution in [3.63, 3.8) is 0 Å². The molecule has 0 radical (unpaired) electrons. The molecule has 0 aliphatic carbocycles. The number of amides is 1. The number of nitrogens with two attached hydrogens (primary N) is 1. The summed E-state index contributed by atoms with van der Waals surface area (Å²) in [6, 6.07) is 16.7. The van der Waals surface area contributed by atoms with E-state index in [-0.39, 0.29) is 5.91 Å². The summed E-state index contributed by atoms with van der Waals surface area (Å²) >= 11 is 0. The van der Waals surface area contributed by atoms with Gasteiger partial charge in [-0.15, -0.1) is 0 Å². The number of nitrogens with one attached hydrogen (secondary N) is 1. The molecule has 0 saturated carbocycles. The number of fused-ring (bicyclic) bond motifs is 1. The van der Waals surface area contributed by atoms with Gasteiger partial charge in [-0.1, -0.05) is 36.4 Å². The first-order valence-electron chi connectivity index (χ1n) is 9.73. The third-order valence-corrected chi connectivity index (χ3v) is 5.53. The van der Waals surface area contributed by atoms with E-state index >= 15 is 0 Å². The summed E-state index contributed by atoms with van der Waals surface area (Å²) in [4.78, 5) is 21.9. The van der Waals surface area contributed by atoms with Crippen molar-refractivity contribution >= 4 is 22.9 Å². The van der Waals surface area contributed by atoms with Crippen LogP contribution in [-0.4, -0.2) is 33.9 Å². The van der Waals surface area contributed by atoms with Gasteiger partial charge in [-0.25, -0.2) is 4.98 Å². The minimum Gasteiger partial charge on any atom is -0.369 e. The van der Waals surface area contributed by atoms with E-state index in [0.29, 0.717) is 18.3 Å². The van der Waals surface area contributed by atoms with Gasteiger partial charge >= 0.3 is 0 Å². The Morgan fingerprint density at radius 2 is 1.89 bits per heavy atom. The average Bonchev–Trinajstić information content (AvgIpc) is 3.07. The highest BCUT2D eigenvalue weighted by Gasteiger charge is 2.22. The molecule has 1 amide bonds.